The molecule has 0 aliphatic rings. The minimum Gasteiger partial charge on any atom is -0.396 e. The van der Waals surface area contributed by atoms with Gasteiger partial charge in [0.2, 0.25) is 0 Å². The third kappa shape index (κ3) is 3.84. The van der Waals surface area contributed by atoms with Gasteiger partial charge in [0.25, 0.3) is 5.91 Å². The van der Waals surface area contributed by atoms with Gasteiger partial charge >= 0.3 is 0 Å². The number of aryl methyl sites for hydroxylation is 1. The molecule has 0 aliphatic carbocycles. The number of H-pyrrole nitrogens is 1. The fourth-order valence-corrected chi connectivity index (χ4v) is 3.43. The first kappa shape index (κ1) is 19.1. The van der Waals surface area contributed by atoms with Gasteiger partial charge in [0, 0.05) is 38.5 Å². The first-order chi connectivity index (χ1) is 14.1. The lowest BCUT2D eigenvalue weighted by molar-refractivity contribution is 0.0767. The van der Waals surface area contributed by atoms with Gasteiger partial charge in [0.15, 0.2) is 5.65 Å². The second-order valence-electron chi connectivity index (χ2n) is 7.10. The number of aromatic nitrogens is 5. The van der Waals surface area contributed by atoms with Gasteiger partial charge in [-0.05, 0) is 43.5 Å². The zero-order valence-corrected chi connectivity index (χ0v) is 16.6. The van der Waals surface area contributed by atoms with Crippen LogP contribution in [0.4, 0.5) is 0 Å². The van der Waals surface area contributed by atoms with Gasteiger partial charge in [-0.15, -0.1) is 0 Å². The zero-order chi connectivity index (χ0) is 20.4. The molecule has 4 aromatic rings. The van der Waals surface area contributed by atoms with E-state index in [2.05, 4.69) is 33.0 Å². The number of nitrogens with one attached hydrogen (secondary N) is 1. The van der Waals surface area contributed by atoms with Crippen LogP contribution < -0.4 is 0 Å². The average molecular weight is 392 g/mol. The second-order valence-corrected chi connectivity index (χ2v) is 7.10. The maximum atomic E-state index is 13.1. The number of nitrogens with zero attached hydrogens (tertiary/aromatic N) is 5. The van der Waals surface area contributed by atoms with E-state index in [1.165, 1.54) is 5.56 Å². The van der Waals surface area contributed by atoms with Crippen molar-refractivity contribution >= 4 is 22.6 Å². The number of aliphatic hydroxyl groups excluding tert-OH is 1. The maximum absolute atomic E-state index is 13.1. The number of carbonyl (C=O) groups is 1. The SMILES string of the molecule is CCN(CCc1nc2ccc(C)cc2[nH]1)C(=O)c1cnn2cc(CCO)cnc12. The molecule has 2 N–H and O–H groups in total. The molecule has 8 nitrogen and oxygen atoms in total. The molecule has 150 valence electrons. The molecule has 0 aliphatic heterocycles. The standard InChI is InChI=1S/C21H24N6O2/c1-3-26(8-6-19-24-17-5-4-14(2)10-18(17)25-19)21(29)16-12-23-27-13-15(7-9-28)11-22-20(16)27/h4-5,10-13,28H,3,6-9H2,1-2H3,(H,24,25). The molecule has 4 rings (SSSR count). The van der Waals surface area contributed by atoms with Crippen molar-refractivity contribution < 1.29 is 9.90 Å². The molecule has 0 spiro atoms. The number of benzene rings is 1. The first-order valence-electron chi connectivity index (χ1n) is 9.76. The molecule has 1 aromatic carbocycles. The summed E-state index contributed by atoms with van der Waals surface area (Å²) >= 11 is 0. The number of hydrogen-bond acceptors (Lipinski definition) is 5. The number of amides is 1. The van der Waals surface area contributed by atoms with Crippen molar-refractivity contribution in [2.24, 2.45) is 0 Å². The normalized spacial score (nSPS) is 11.4. The highest BCUT2D eigenvalue weighted by Crippen LogP contribution is 2.15. The molecule has 3 aromatic heterocycles. The van der Waals surface area contributed by atoms with Gasteiger partial charge < -0.3 is 15.0 Å². The van der Waals surface area contributed by atoms with E-state index in [-0.39, 0.29) is 12.5 Å². The van der Waals surface area contributed by atoms with Gasteiger partial charge in [0.05, 0.1) is 17.2 Å². The summed E-state index contributed by atoms with van der Waals surface area (Å²) in [5, 5.41) is 13.3. The van der Waals surface area contributed by atoms with Gasteiger partial charge in [0.1, 0.15) is 11.4 Å². The number of fused-ring (bicyclic) bond motifs is 2. The highest BCUT2D eigenvalue weighted by molar-refractivity contribution is 5.99. The summed E-state index contributed by atoms with van der Waals surface area (Å²) in [5.74, 6) is 0.764. The molecule has 8 heteroatoms. The Morgan fingerprint density at radius 3 is 2.93 bits per heavy atom. The van der Waals surface area contributed by atoms with Crippen molar-refractivity contribution in [2.45, 2.75) is 26.7 Å². The van der Waals surface area contributed by atoms with Crippen LogP contribution in [0.1, 0.15) is 34.2 Å². The predicted molar refractivity (Wildman–Crippen MR) is 110 cm³/mol. The largest absolute Gasteiger partial charge is 0.396 e. The Hall–Kier alpha value is -3.26. The summed E-state index contributed by atoms with van der Waals surface area (Å²) < 4.78 is 1.59. The molecular formula is C21H24N6O2. The van der Waals surface area contributed by atoms with Crippen LogP contribution in [-0.2, 0) is 12.8 Å². The molecule has 0 fully saturated rings. The third-order valence-corrected chi connectivity index (χ3v) is 5.01. The summed E-state index contributed by atoms with van der Waals surface area (Å²) in [5.41, 5.74) is 5.00. The highest BCUT2D eigenvalue weighted by atomic mass is 16.3. The molecule has 0 radical (unpaired) electrons. The van der Waals surface area contributed by atoms with Crippen LogP contribution in [0.2, 0.25) is 0 Å². The average Bonchev–Trinajstić information content (AvgIpc) is 3.31. The number of imidazole rings is 1. The number of aromatic amines is 1. The molecule has 29 heavy (non-hydrogen) atoms. The summed E-state index contributed by atoms with van der Waals surface area (Å²) in [6.07, 6.45) is 6.17. The van der Waals surface area contributed by atoms with E-state index in [9.17, 15) is 4.79 Å². The minimum absolute atomic E-state index is 0.0468. The summed E-state index contributed by atoms with van der Waals surface area (Å²) in [7, 11) is 0. The van der Waals surface area contributed by atoms with Crippen molar-refractivity contribution in [2.75, 3.05) is 19.7 Å². The fraction of sp³-hybridized carbons (Fsp3) is 0.333. The van der Waals surface area contributed by atoms with Crippen LogP contribution in [0.25, 0.3) is 16.7 Å². The summed E-state index contributed by atoms with van der Waals surface area (Å²) in [6, 6.07) is 6.12. The van der Waals surface area contributed by atoms with Crippen molar-refractivity contribution in [1.29, 1.82) is 0 Å². The summed E-state index contributed by atoms with van der Waals surface area (Å²) in [6.45, 7) is 5.18. The van der Waals surface area contributed by atoms with Gasteiger partial charge in [-0.25, -0.2) is 14.5 Å². The number of carbonyl (C=O) groups excluding carboxylic acids is 1. The molecule has 0 saturated heterocycles. The minimum atomic E-state index is -0.100. The van der Waals surface area contributed by atoms with Crippen molar-refractivity contribution in [3.05, 3.63) is 59.3 Å². The van der Waals surface area contributed by atoms with Gasteiger partial charge in [-0.3, -0.25) is 4.79 Å². The Bertz CT molecular complexity index is 1160. The Morgan fingerprint density at radius 1 is 1.28 bits per heavy atom. The van der Waals surface area contributed by atoms with Crippen LogP contribution in [0, 0.1) is 6.92 Å². The van der Waals surface area contributed by atoms with Crippen LogP contribution in [0.5, 0.6) is 0 Å². The number of rotatable bonds is 7. The van der Waals surface area contributed by atoms with E-state index in [4.69, 9.17) is 5.11 Å². The van der Waals surface area contributed by atoms with Crippen molar-refractivity contribution in [3.63, 3.8) is 0 Å². The van der Waals surface area contributed by atoms with Crippen molar-refractivity contribution in [1.82, 2.24) is 29.5 Å². The van der Waals surface area contributed by atoms with E-state index in [0.29, 0.717) is 37.1 Å². The molecule has 1 amide bonds. The Labute approximate surface area is 168 Å². The molecule has 0 saturated carbocycles. The van der Waals surface area contributed by atoms with Gasteiger partial charge in [-0.1, -0.05) is 6.07 Å². The molecular weight excluding hydrogens is 368 g/mol. The predicted octanol–water partition coefficient (Wildman–Crippen LogP) is 2.15. The van der Waals surface area contributed by atoms with E-state index in [1.54, 1.807) is 28.0 Å². The van der Waals surface area contributed by atoms with Crippen LogP contribution in [0.3, 0.4) is 0 Å². The van der Waals surface area contributed by atoms with Gasteiger partial charge in [-0.2, -0.15) is 5.10 Å². The van der Waals surface area contributed by atoms with Crippen LogP contribution in [0.15, 0.2) is 36.8 Å². The second kappa shape index (κ2) is 8.00. The van der Waals surface area contributed by atoms with E-state index >= 15 is 0 Å². The molecule has 0 atom stereocenters. The van der Waals surface area contributed by atoms with Crippen LogP contribution in [-0.4, -0.2) is 60.2 Å². The Kier molecular flexibility index (Phi) is 5.26. The molecule has 3 heterocycles. The zero-order valence-electron chi connectivity index (χ0n) is 16.6. The number of hydrogen-bond donors (Lipinski definition) is 2. The quantitative estimate of drug-likeness (QED) is 0.502. The molecule has 0 unspecified atom stereocenters. The van der Waals surface area contributed by atoms with Crippen molar-refractivity contribution in [3.8, 4) is 0 Å². The fourth-order valence-electron chi connectivity index (χ4n) is 3.43. The summed E-state index contributed by atoms with van der Waals surface area (Å²) in [4.78, 5) is 27.2. The Balaban J connectivity index is 1.51. The maximum Gasteiger partial charge on any atom is 0.259 e. The first-order valence-corrected chi connectivity index (χ1v) is 9.76. The lowest BCUT2D eigenvalue weighted by Crippen LogP contribution is -2.33. The lowest BCUT2D eigenvalue weighted by atomic mass is 10.2. The smallest absolute Gasteiger partial charge is 0.259 e. The highest BCUT2D eigenvalue weighted by Gasteiger charge is 2.20. The van der Waals surface area contributed by atoms with E-state index in [0.717, 1.165) is 22.4 Å². The molecule has 0 bridgehead atoms. The third-order valence-electron chi connectivity index (χ3n) is 5.01. The van der Waals surface area contributed by atoms with E-state index in [1.807, 2.05) is 19.1 Å². The number of aliphatic hydroxyl groups is 1. The monoisotopic (exact) mass is 392 g/mol. The topological polar surface area (TPSA) is 99.4 Å². The lowest BCUT2D eigenvalue weighted by Gasteiger charge is -2.19. The number of likely N-dealkylation sites (N-methyl/N-ethyl adjacent to an activating group) is 1. The Morgan fingerprint density at radius 2 is 2.14 bits per heavy atom. The van der Waals surface area contributed by atoms with E-state index < -0.39 is 0 Å². The van der Waals surface area contributed by atoms with Crippen LogP contribution >= 0.6 is 0 Å².